The summed E-state index contributed by atoms with van der Waals surface area (Å²) in [6, 6.07) is 7.50. The highest BCUT2D eigenvalue weighted by molar-refractivity contribution is 5.87. The van der Waals surface area contributed by atoms with E-state index in [0.29, 0.717) is 12.2 Å². The number of hydrogen-bond donors (Lipinski definition) is 2. The smallest absolute Gasteiger partial charge is 0.230 e. The molecule has 0 radical (unpaired) electrons. The number of nitrogens with one attached hydrogen (secondary N) is 1. The highest BCUT2D eigenvalue weighted by Crippen LogP contribution is 2.25. The van der Waals surface area contributed by atoms with E-state index in [1.54, 1.807) is 0 Å². The second-order valence-electron chi connectivity index (χ2n) is 6.45. The lowest BCUT2D eigenvalue weighted by Crippen LogP contribution is -2.43. The van der Waals surface area contributed by atoms with Crippen LogP contribution >= 0.6 is 0 Å². The van der Waals surface area contributed by atoms with Crippen molar-refractivity contribution in [3.8, 4) is 0 Å². The van der Waals surface area contributed by atoms with Gasteiger partial charge in [-0.25, -0.2) is 0 Å². The maximum Gasteiger partial charge on any atom is 0.230 e. The molecule has 0 spiro atoms. The molecule has 0 atom stereocenters. The zero-order valence-electron chi connectivity index (χ0n) is 12.7. The molecule has 1 rings (SSSR count). The molecule has 3 heteroatoms. The van der Waals surface area contributed by atoms with Crippen molar-refractivity contribution >= 4 is 11.6 Å². The summed E-state index contributed by atoms with van der Waals surface area (Å²) in [6.07, 6.45) is 1.04. The van der Waals surface area contributed by atoms with Gasteiger partial charge in [0.25, 0.3) is 0 Å². The number of nitrogen functional groups attached to an aromatic ring is 1. The van der Waals surface area contributed by atoms with Crippen molar-refractivity contribution in [1.82, 2.24) is 5.32 Å². The van der Waals surface area contributed by atoms with Gasteiger partial charge < -0.3 is 11.1 Å². The molecule has 1 aromatic carbocycles. The first-order valence-electron chi connectivity index (χ1n) is 6.83. The molecule has 0 saturated carbocycles. The second-order valence-corrected chi connectivity index (χ2v) is 6.45. The molecule has 19 heavy (non-hydrogen) atoms. The van der Waals surface area contributed by atoms with E-state index >= 15 is 0 Å². The number of hydrogen-bond acceptors (Lipinski definition) is 2. The molecular weight excluding hydrogens is 236 g/mol. The van der Waals surface area contributed by atoms with Crippen LogP contribution in [0.3, 0.4) is 0 Å². The molecule has 106 valence electrons. The van der Waals surface area contributed by atoms with Crippen molar-refractivity contribution in [2.45, 2.75) is 46.5 Å². The van der Waals surface area contributed by atoms with Crippen LogP contribution in [0.5, 0.6) is 0 Å². The van der Waals surface area contributed by atoms with Crippen LogP contribution in [0.1, 0.15) is 46.6 Å². The van der Waals surface area contributed by atoms with E-state index in [1.165, 1.54) is 0 Å². The minimum Gasteiger partial charge on any atom is -0.399 e. The van der Waals surface area contributed by atoms with Crippen LogP contribution in [0.4, 0.5) is 5.69 Å². The van der Waals surface area contributed by atoms with Gasteiger partial charge in [-0.3, -0.25) is 4.79 Å². The molecule has 0 saturated heterocycles. The average Bonchev–Trinajstić information content (AvgIpc) is 2.36. The summed E-state index contributed by atoms with van der Waals surface area (Å²) >= 11 is 0. The van der Waals surface area contributed by atoms with Gasteiger partial charge in [0, 0.05) is 12.2 Å². The Bertz CT molecular complexity index is 433. The Morgan fingerprint density at radius 3 is 2.16 bits per heavy atom. The Kier molecular flexibility index (Phi) is 4.61. The summed E-state index contributed by atoms with van der Waals surface area (Å²) in [5, 5.41) is 3.06. The van der Waals surface area contributed by atoms with Crippen LogP contribution in [0.25, 0.3) is 0 Å². The zero-order chi connectivity index (χ0) is 14.7. The first-order valence-corrected chi connectivity index (χ1v) is 6.83. The van der Waals surface area contributed by atoms with Gasteiger partial charge in [0.15, 0.2) is 0 Å². The SMILES string of the molecule is CCC(C)(C)CNC(=O)C(C)(C)c1ccc(N)cc1. The summed E-state index contributed by atoms with van der Waals surface area (Å²) in [6.45, 7) is 11.0. The topological polar surface area (TPSA) is 55.1 Å². The number of carbonyl (C=O) groups is 1. The minimum atomic E-state index is -0.544. The summed E-state index contributed by atoms with van der Waals surface area (Å²) < 4.78 is 0. The Labute approximate surface area is 116 Å². The van der Waals surface area contributed by atoms with Gasteiger partial charge in [-0.15, -0.1) is 0 Å². The van der Waals surface area contributed by atoms with Gasteiger partial charge in [-0.05, 0) is 43.4 Å². The van der Waals surface area contributed by atoms with Crippen LogP contribution in [0.15, 0.2) is 24.3 Å². The van der Waals surface area contributed by atoms with Crippen LogP contribution < -0.4 is 11.1 Å². The highest BCUT2D eigenvalue weighted by atomic mass is 16.2. The number of amides is 1. The van der Waals surface area contributed by atoms with Crippen LogP contribution in [0.2, 0.25) is 0 Å². The third kappa shape index (κ3) is 3.98. The van der Waals surface area contributed by atoms with Crippen LogP contribution in [-0.2, 0) is 10.2 Å². The predicted molar refractivity (Wildman–Crippen MR) is 81.0 cm³/mol. The third-order valence-corrected chi connectivity index (χ3v) is 3.88. The highest BCUT2D eigenvalue weighted by Gasteiger charge is 2.30. The van der Waals surface area contributed by atoms with Gasteiger partial charge in [-0.1, -0.05) is 32.9 Å². The second kappa shape index (κ2) is 5.64. The fourth-order valence-electron chi connectivity index (χ4n) is 1.70. The molecule has 3 N–H and O–H groups in total. The minimum absolute atomic E-state index is 0.0544. The average molecular weight is 262 g/mol. The number of anilines is 1. The molecular formula is C16H26N2O. The van der Waals surface area contributed by atoms with Crippen molar-refractivity contribution < 1.29 is 4.79 Å². The molecule has 0 bridgehead atoms. The van der Waals surface area contributed by atoms with Gasteiger partial charge in [0.2, 0.25) is 5.91 Å². The van der Waals surface area contributed by atoms with Crippen molar-refractivity contribution in [3.05, 3.63) is 29.8 Å². The normalized spacial score (nSPS) is 12.3. The Morgan fingerprint density at radius 2 is 1.68 bits per heavy atom. The van der Waals surface area contributed by atoms with Gasteiger partial charge in [-0.2, -0.15) is 0 Å². The first-order chi connectivity index (χ1) is 8.69. The lowest BCUT2D eigenvalue weighted by molar-refractivity contribution is -0.126. The maximum absolute atomic E-state index is 12.4. The number of carbonyl (C=O) groups excluding carboxylic acids is 1. The monoisotopic (exact) mass is 262 g/mol. The lowest BCUT2D eigenvalue weighted by atomic mass is 9.83. The summed E-state index contributed by atoms with van der Waals surface area (Å²) in [5.41, 5.74) is 6.96. The van der Waals surface area contributed by atoms with E-state index in [4.69, 9.17) is 5.73 Å². The van der Waals surface area contributed by atoms with E-state index in [0.717, 1.165) is 12.0 Å². The molecule has 0 aliphatic carbocycles. The van der Waals surface area contributed by atoms with E-state index in [2.05, 4.69) is 26.1 Å². The largest absolute Gasteiger partial charge is 0.399 e. The van der Waals surface area contributed by atoms with E-state index in [1.807, 2.05) is 38.1 Å². The van der Waals surface area contributed by atoms with Gasteiger partial charge in [0.05, 0.1) is 5.41 Å². The van der Waals surface area contributed by atoms with Crippen molar-refractivity contribution in [2.24, 2.45) is 5.41 Å². The third-order valence-electron chi connectivity index (χ3n) is 3.88. The number of rotatable bonds is 5. The standard InChI is InChI=1S/C16H26N2O/c1-6-15(2,3)11-18-14(19)16(4,5)12-7-9-13(17)10-8-12/h7-10H,6,11,17H2,1-5H3,(H,18,19). The fourth-order valence-corrected chi connectivity index (χ4v) is 1.70. The maximum atomic E-state index is 12.4. The lowest BCUT2D eigenvalue weighted by Gasteiger charge is -2.28. The van der Waals surface area contributed by atoms with Crippen molar-refractivity contribution in [2.75, 3.05) is 12.3 Å². The molecule has 1 amide bonds. The summed E-state index contributed by atoms with van der Waals surface area (Å²) in [7, 11) is 0. The first kappa shape index (κ1) is 15.5. The quantitative estimate of drug-likeness (QED) is 0.801. The molecule has 0 heterocycles. The van der Waals surface area contributed by atoms with Crippen molar-refractivity contribution in [3.63, 3.8) is 0 Å². The number of nitrogens with two attached hydrogens (primary N) is 1. The molecule has 0 fully saturated rings. The van der Waals surface area contributed by atoms with Gasteiger partial charge >= 0.3 is 0 Å². The molecule has 1 aromatic rings. The summed E-state index contributed by atoms with van der Waals surface area (Å²) in [5.74, 6) is 0.0544. The van der Waals surface area contributed by atoms with E-state index in [9.17, 15) is 4.79 Å². The summed E-state index contributed by atoms with van der Waals surface area (Å²) in [4.78, 5) is 12.4. The molecule has 3 nitrogen and oxygen atoms in total. The molecule has 0 aliphatic heterocycles. The molecule has 0 unspecified atom stereocenters. The van der Waals surface area contributed by atoms with E-state index in [-0.39, 0.29) is 11.3 Å². The molecule has 0 aliphatic rings. The molecule has 0 aromatic heterocycles. The van der Waals surface area contributed by atoms with Gasteiger partial charge in [0.1, 0.15) is 0 Å². The Morgan fingerprint density at radius 1 is 1.16 bits per heavy atom. The fraction of sp³-hybridized carbons (Fsp3) is 0.562. The van der Waals surface area contributed by atoms with E-state index < -0.39 is 5.41 Å². The Balaban J connectivity index is 2.77. The number of benzene rings is 1. The predicted octanol–water partition coefficient (Wildman–Crippen LogP) is 3.10. The van der Waals surface area contributed by atoms with Crippen LogP contribution in [0, 0.1) is 5.41 Å². The Hall–Kier alpha value is -1.51. The van der Waals surface area contributed by atoms with Crippen LogP contribution in [-0.4, -0.2) is 12.5 Å². The zero-order valence-corrected chi connectivity index (χ0v) is 12.7. The van der Waals surface area contributed by atoms with Crippen molar-refractivity contribution in [1.29, 1.82) is 0 Å².